The minimum atomic E-state index is 0.507. The van der Waals surface area contributed by atoms with Crippen LogP contribution in [0.2, 0.25) is 0 Å². The highest BCUT2D eigenvalue weighted by molar-refractivity contribution is 5.27. The third-order valence-electron chi connectivity index (χ3n) is 8.14. The van der Waals surface area contributed by atoms with Crippen molar-refractivity contribution in [1.82, 2.24) is 0 Å². The average Bonchev–Trinajstić information content (AvgIpc) is 3.04. The fourth-order valence-electron chi connectivity index (χ4n) is 6.38. The molecule has 0 nitrogen and oxygen atoms in total. The van der Waals surface area contributed by atoms with Crippen LogP contribution in [0.5, 0.6) is 0 Å². The molecule has 0 aromatic rings. The highest BCUT2D eigenvalue weighted by Crippen LogP contribution is 2.50. The van der Waals surface area contributed by atoms with Crippen molar-refractivity contribution in [3.8, 4) is 0 Å². The van der Waals surface area contributed by atoms with Crippen LogP contribution in [0.3, 0.4) is 0 Å². The Hall–Kier alpha value is -0.780. The average molecular weight is 383 g/mol. The summed E-state index contributed by atoms with van der Waals surface area (Å²) in [5.41, 5.74) is 5.43. The molecule has 5 atom stereocenters. The van der Waals surface area contributed by atoms with E-state index in [1.165, 1.54) is 76.2 Å². The standard InChI is InChI=1S/C28H46/c1-20-18-23(19-21(2)22(20)3)13-14-25-11-9-12-26-24(15-16-27(25)26)10-7-8-17-28(4,5)6/h13-14,20-21,24,26-27H,3,7-12,15-19H2,1-2,4-6H3/b25-14+/t20-,21-,24+,26-,27+/m1/s1. The summed E-state index contributed by atoms with van der Waals surface area (Å²) in [6, 6.07) is 0. The van der Waals surface area contributed by atoms with Gasteiger partial charge in [-0.25, -0.2) is 0 Å². The summed E-state index contributed by atoms with van der Waals surface area (Å²) in [6.45, 7) is 16.2. The molecule has 0 aromatic heterocycles. The second kappa shape index (κ2) is 9.36. The number of rotatable bonds is 5. The van der Waals surface area contributed by atoms with Crippen LogP contribution in [0.1, 0.15) is 105 Å². The lowest BCUT2D eigenvalue weighted by atomic mass is 9.73. The molecule has 3 aliphatic carbocycles. The Morgan fingerprint density at radius 3 is 2.36 bits per heavy atom. The van der Waals surface area contributed by atoms with Gasteiger partial charge in [-0.2, -0.15) is 0 Å². The van der Waals surface area contributed by atoms with Crippen LogP contribution in [0.25, 0.3) is 0 Å². The van der Waals surface area contributed by atoms with Crippen molar-refractivity contribution in [3.63, 3.8) is 0 Å². The molecule has 0 heteroatoms. The molecule has 3 fully saturated rings. The van der Waals surface area contributed by atoms with Gasteiger partial charge in [0.1, 0.15) is 0 Å². The van der Waals surface area contributed by atoms with Crippen LogP contribution < -0.4 is 0 Å². The molecule has 158 valence electrons. The molecule has 0 heterocycles. The minimum Gasteiger partial charge on any atom is -0.0993 e. The smallest absolute Gasteiger partial charge is 0.0169 e. The van der Waals surface area contributed by atoms with Gasteiger partial charge >= 0.3 is 0 Å². The fraction of sp³-hybridized carbons (Fsp3) is 0.786. The van der Waals surface area contributed by atoms with E-state index in [9.17, 15) is 0 Å². The lowest BCUT2D eigenvalue weighted by Gasteiger charge is -2.32. The van der Waals surface area contributed by atoms with E-state index in [0.29, 0.717) is 17.3 Å². The van der Waals surface area contributed by atoms with E-state index < -0.39 is 0 Å². The van der Waals surface area contributed by atoms with Crippen molar-refractivity contribution in [2.75, 3.05) is 0 Å². The van der Waals surface area contributed by atoms with Gasteiger partial charge < -0.3 is 0 Å². The van der Waals surface area contributed by atoms with Crippen molar-refractivity contribution in [2.24, 2.45) is 35.0 Å². The Morgan fingerprint density at radius 1 is 0.964 bits per heavy atom. The molecule has 3 saturated carbocycles. The van der Waals surface area contributed by atoms with E-state index in [0.717, 1.165) is 17.8 Å². The maximum absolute atomic E-state index is 4.31. The van der Waals surface area contributed by atoms with Gasteiger partial charge in [0.15, 0.2) is 0 Å². The predicted molar refractivity (Wildman–Crippen MR) is 124 cm³/mol. The van der Waals surface area contributed by atoms with E-state index in [1.54, 1.807) is 11.1 Å². The van der Waals surface area contributed by atoms with Crippen LogP contribution in [0, 0.1) is 35.0 Å². The van der Waals surface area contributed by atoms with Crippen molar-refractivity contribution in [2.45, 2.75) is 105 Å². The van der Waals surface area contributed by atoms with Crippen molar-refractivity contribution < 1.29 is 0 Å². The van der Waals surface area contributed by atoms with Gasteiger partial charge in [-0.1, -0.05) is 89.3 Å². The molecule has 3 aliphatic rings. The molecule has 0 saturated heterocycles. The molecule has 0 unspecified atom stereocenters. The quantitative estimate of drug-likeness (QED) is 0.329. The van der Waals surface area contributed by atoms with Gasteiger partial charge in [-0.05, 0) is 86.4 Å². The largest absolute Gasteiger partial charge is 0.0993 e. The molecule has 0 bridgehead atoms. The summed E-state index contributed by atoms with van der Waals surface area (Å²) in [5, 5.41) is 0. The van der Waals surface area contributed by atoms with Gasteiger partial charge in [0.05, 0.1) is 0 Å². The van der Waals surface area contributed by atoms with Crippen molar-refractivity contribution in [1.29, 1.82) is 0 Å². The number of fused-ring (bicyclic) bond motifs is 1. The van der Waals surface area contributed by atoms with Crippen LogP contribution in [0.4, 0.5) is 0 Å². The lowest BCUT2D eigenvalue weighted by molar-refractivity contribution is 0.257. The first-order chi connectivity index (χ1) is 13.2. The second-order valence-electron chi connectivity index (χ2n) is 11.7. The SMILES string of the molecule is C=C1[C@H](C)CC(=C/C=C2\CCC[C@@H]3[C@@H](CCCCC(C)(C)C)CC[C@@H]23)C[C@H]1C. The van der Waals surface area contributed by atoms with E-state index in [4.69, 9.17) is 0 Å². The van der Waals surface area contributed by atoms with Gasteiger partial charge in [0.2, 0.25) is 0 Å². The summed E-state index contributed by atoms with van der Waals surface area (Å²) in [6.07, 6.45) is 20.6. The number of hydrogen-bond acceptors (Lipinski definition) is 0. The Morgan fingerprint density at radius 2 is 1.68 bits per heavy atom. The molecule has 0 N–H and O–H groups in total. The van der Waals surface area contributed by atoms with Gasteiger partial charge in [0, 0.05) is 0 Å². The van der Waals surface area contributed by atoms with E-state index in [1.807, 2.05) is 0 Å². The number of allylic oxidation sites excluding steroid dienone is 5. The molecular weight excluding hydrogens is 336 g/mol. The molecule has 0 spiro atoms. The predicted octanol–water partition coefficient (Wildman–Crippen LogP) is 8.89. The van der Waals surface area contributed by atoms with Crippen molar-refractivity contribution in [3.05, 3.63) is 35.5 Å². The van der Waals surface area contributed by atoms with E-state index in [-0.39, 0.29) is 0 Å². The highest BCUT2D eigenvalue weighted by Gasteiger charge is 2.39. The molecule has 0 aromatic carbocycles. The summed E-state index contributed by atoms with van der Waals surface area (Å²) in [4.78, 5) is 0. The zero-order valence-corrected chi connectivity index (χ0v) is 19.5. The van der Waals surface area contributed by atoms with Crippen LogP contribution in [0.15, 0.2) is 35.5 Å². The maximum atomic E-state index is 4.31. The summed E-state index contributed by atoms with van der Waals surface area (Å²) < 4.78 is 0. The third-order valence-corrected chi connectivity index (χ3v) is 8.14. The van der Waals surface area contributed by atoms with E-state index >= 15 is 0 Å². The normalized spacial score (nSPS) is 35.3. The zero-order valence-electron chi connectivity index (χ0n) is 19.5. The van der Waals surface area contributed by atoms with Crippen LogP contribution in [-0.4, -0.2) is 0 Å². The zero-order chi connectivity index (χ0) is 20.3. The Kier molecular flexibility index (Phi) is 7.32. The highest BCUT2D eigenvalue weighted by atomic mass is 14.4. The first-order valence-electron chi connectivity index (χ1n) is 12.3. The monoisotopic (exact) mass is 382 g/mol. The van der Waals surface area contributed by atoms with Gasteiger partial charge in [0.25, 0.3) is 0 Å². The molecule has 0 radical (unpaired) electrons. The third kappa shape index (κ3) is 5.64. The molecule has 0 aliphatic heterocycles. The maximum Gasteiger partial charge on any atom is -0.0169 e. The topological polar surface area (TPSA) is 0 Å². The molecular formula is C28H46. The Bertz CT molecular complexity index is 580. The molecule has 28 heavy (non-hydrogen) atoms. The Balaban J connectivity index is 1.56. The summed E-state index contributed by atoms with van der Waals surface area (Å²) >= 11 is 0. The first-order valence-corrected chi connectivity index (χ1v) is 12.3. The summed E-state index contributed by atoms with van der Waals surface area (Å²) in [7, 11) is 0. The number of hydrogen-bond donors (Lipinski definition) is 0. The van der Waals surface area contributed by atoms with E-state index in [2.05, 4.69) is 53.3 Å². The molecule has 0 amide bonds. The van der Waals surface area contributed by atoms with Gasteiger partial charge in [-0.3, -0.25) is 0 Å². The van der Waals surface area contributed by atoms with Crippen LogP contribution in [-0.2, 0) is 0 Å². The lowest BCUT2D eigenvalue weighted by Crippen LogP contribution is -2.21. The second-order valence-corrected chi connectivity index (χ2v) is 11.7. The van der Waals surface area contributed by atoms with Crippen molar-refractivity contribution >= 4 is 0 Å². The van der Waals surface area contributed by atoms with Crippen LogP contribution >= 0.6 is 0 Å². The summed E-state index contributed by atoms with van der Waals surface area (Å²) in [5.74, 6) is 4.25. The Labute approximate surface area is 176 Å². The number of unbranched alkanes of at least 4 members (excludes halogenated alkanes) is 1. The fourth-order valence-corrected chi connectivity index (χ4v) is 6.38. The van der Waals surface area contributed by atoms with Gasteiger partial charge in [-0.15, -0.1) is 0 Å². The molecule has 3 rings (SSSR count). The minimum absolute atomic E-state index is 0.507. The first kappa shape index (κ1) is 21.9.